The largest absolute Gasteiger partial charge is 0.468 e. The van der Waals surface area contributed by atoms with Crippen molar-refractivity contribution in [3.05, 3.63) is 35.4 Å². The second kappa shape index (κ2) is 5.11. The van der Waals surface area contributed by atoms with Gasteiger partial charge in [0.1, 0.15) is 18.1 Å². The van der Waals surface area contributed by atoms with Gasteiger partial charge in [0.25, 0.3) is 0 Å². The van der Waals surface area contributed by atoms with E-state index in [2.05, 4.69) is 16.6 Å². The van der Waals surface area contributed by atoms with Gasteiger partial charge in [-0.25, -0.2) is 8.78 Å². The molecule has 0 aliphatic carbocycles. The lowest BCUT2D eigenvalue weighted by molar-refractivity contribution is -0.139. The highest BCUT2D eigenvalue weighted by Crippen LogP contribution is 2.07. The Morgan fingerprint density at radius 3 is 2.80 bits per heavy atom. The Balaban J connectivity index is 2.76. The Kier molecular flexibility index (Phi) is 3.81. The van der Waals surface area contributed by atoms with Crippen molar-refractivity contribution in [3.8, 4) is 11.8 Å². The van der Waals surface area contributed by atoms with Gasteiger partial charge >= 0.3 is 5.97 Å². The van der Waals surface area contributed by atoms with E-state index in [0.29, 0.717) is 0 Å². The average molecular weight is 210 g/mol. The van der Waals surface area contributed by atoms with Crippen molar-refractivity contribution in [1.82, 2.24) is 0 Å². The first kappa shape index (κ1) is 11.2. The standard InChI is InChI=1S/C11H8F2O2/c1-15-11(14)4-2-3-8-5-6-9(12)7-10(8)13/h5-7H,4H2,1H3. The minimum atomic E-state index is -0.743. The molecule has 0 bridgehead atoms. The molecule has 0 fully saturated rings. The molecule has 1 rings (SSSR count). The second-order valence-corrected chi connectivity index (χ2v) is 2.68. The maximum atomic E-state index is 13.0. The van der Waals surface area contributed by atoms with Crippen LogP contribution in [0.1, 0.15) is 12.0 Å². The van der Waals surface area contributed by atoms with Gasteiger partial charge in [0.05, 0.1) is 12.7 Å². The number of carbonyl (C=O) groups is 1. The summed E-state index contributed by atoms with van der Waals surface area (Å²) in [4.78, 5) is 10.7. The Labute approximate surface area is 85.9 Å². The van der Waals surface area contributed by atoms with Gasteiger partial charge in [-0.2, -0.15) is 0 Å². The van der Waals surface area contributed by atoms with Gasteiger partial charge in [-0.05, 0) is 12.1 Å². The third-order valence-electron chi connectivity index (χ3n) is 1.61. The first-order valence-corrected chi connectivity index (χ1v) is 4.14. The van der Waals surface area contributed by atoms with E-state index in [0.717, 1.165) is 12.1 Å². The van der Waals surface area contributed by atoms with E-state index in [1.807, 2.05) is 0 Å². The molecule has 0 atom stereocenters. The van der Waals surface area contributed by atoms with E-state index in [1.165, 1.54) is 13.2 Å². The van der Waals surface area contributed by atoms with Gasteiger partial charge in [-0.3, -0.25) is 4.79 Å². The molecule has 78 valence electrons. The molecular weight excluding hydrogens is 202 g/mol. The molecule has 1 aromatic rings. The maximum Gasteiger partial charge on any atom is 0.317 e. The maximum absolute atomic E-state index is 13.0. The number of benzene rings is 1. The molecule has 0 saturated heterocycles. The fraction of sp³-hybridized carbons (Fsp3) is 0.182. The Morgan fingerprint density at radius 2 is 2.20 bits per heavy atom. The molecule has 0 amide bonds. The van der Waals surface area contributed by atoms with E-state index in [4.69, 9.17) is 0 Å². The molecule has 0 aliphatic rings. The zero-order valence-corrected chi connectivity index (χ0v) is 8.01. The molecule has 4 heteroatoms. The van der Waals surface area contributed by atoms with E-state index in [9.17, 15) is 13.6 Å². The second-order valence-electron chi connectivity index (χ2n) is 2.68. The molecule has 0 radical (unpaired) electrons. The van der Waals surface area contributed by atoms with Crippen LogP contribution in [0, 0.1) is 23.5 Å². The van der Waals surface area contributed by atoms with Crippen molar-refractivity contribution in [1.29, 1.82) is 0 Å². The highest BCUT2D eigenvalue weighted by molar-refractivity contribution is 5.72. The van der Waals surface area contributed by atoms with Crippen LogP contribution in [0.3, 0.4) is 0 Å². The smallest absolute Gasteiger partial charge is 0.317 e. The van der Waals surface area contributed by atoms with E-state index < -0.39 is 17.6 Å². The molecule has 0 aromatic heterocycles. The van der Waals surface area contributed by atoms with Crippen LogP contribution in [0.5, 0.6) is 0 Å². The van der Waals surface area contributed by atoms with Gasteiger partial charge in [-0.15, -0.1) is 0 Å². The van der Waals surface area contributed by atoms with Gasteiger partial charge in [-0.1, -0.05) is 11.8 Å². The fourth-order valence-electron chi connectivity index (χ4n) is 0.875. The van der Waals surface area contributed by atoms with E-state index in [-0.39, 0.29) is 12.0 Å². The molecule has 0 heterocycles. The summed E-state index contributed by atoms with van der Waals surface area (Å²) in [5.41, 5.74) is 0.0558. The van der Waals surface area contributed by atoms with Gasteiger partial charge in [0.2, 0.25) is 0 Å². The van der Waals surface area contributed by atoms with E-state index >= 15 is 0 Å². The molecular formula is C11H8F2O2. The van der Waals surface area contributed by atoms with E-state index in [1.54, 1.807) is 0 Å². The summed E-state index contributed by atoms with van der Waals surface area (Å²) in [6, 6.07) is 3.06. The molecule has 1 aromatic carbocycles. The monoisotopic (exact) mass is 210 g/mol. The third kappa shape index (κ3) is 3.39. The molecule has 0 N–H and O–H groups in total. The molecule has 0 saturated carbocycles. The van der Waals surface area contributed by atoms with Crippen LogP contribution >= 0.6 is 0 Å². The zero-order chi connectivity index (χ0) is 11.3. The first-order chi connectivity index (χ1) is 7.13. The van der Waals surface area contributed by atoms with Crippen LogP contribution < -0.4 is 0 Å². The zero-order valence-electron chi connectivity index (χ0n) is 8.01. The number of hydrogen-bond donors (Lipinski definition) is 0. The summed E-state index contributed by atoms with van der Waals surface area (Å²) in [5, 5.41) is 0. The van der Waals surface area contributed by atoms with Crippen LogP contribution in [0.15, 0.2) is 18.2 Å². The SMILES string of the molecule is COC(=O)CC#Cc1ccc(F)cc1F. The summed E-state index contributed by atoms with van der Waals surface area (Å²) in [6.07, 6.45) is -0.118. The van der Waals surface area contributed by atoms with Gasteiger partial charge < -0.3 is 4.74 Å². The average Bonchev–Trinajstić information content (AvgIpc) is 2.21. The van der Waals surface area contributed by atoms with Crippen LogP contribution in [-0.4, -0.2) is 13.1 Å². The summed E-state index contributed by atoms with van der Waals surface area (Å²) < 4.78 is 29.8. The van der Waals surface area contributed by atoms with Crippen molar-refractivity contribution < 1.29 is 18.3 Å². The lowest BCUT2D eigenvalue weighted by atomic mass is 10.2. The Morgan fingerprint density at radius 1 is 1.47 bits per heavy atom. The predicted octanol–water partition coefficient (Wildman–Crippen LogP) is 1.88. The first-order valence-electron chi connectivity index (χ1n) is 4.14. The third-order valence-corrected chi connectivity index (χ3v) is 1.61. The summed E-state index contributed by atoms with van der Waals surface area (Å²) >= 11 is 0. The summed E-state index contributed by atoms with van der Waals surface area (Å²) in [6.45, 7) is 0. The van der Waals surface area contributed by atoms with Crippen LogP contribution in [0.4, 0.5) is 8.78 Å². The number of methoxy groups -OCH3 is 1. The topological polar surface area (TPSA) is 26.3 Å². The van der Waals surface area contributed by atoms with Crippen molar-refractivity contribution in [2.24, 2.45) is 0 Å². The van der Waals surface area contributed by atoms with Gasteiger partial charge in [0.15, 0.2) is 0 Å². The molecule has 0 aliphatic heterocycles. The van der Waals surface area contributed by atoms with Crippen LogP contribution in [0.2, 0.25) is 0 Å². The molecule has 0 spiro atoms. The lowest BCUT2D eigenvalue weighted by Gasteiger charge is -1.93. The number of rotatable bonds is 1. The number of ether oxygens (including phenoxy) is 1. The Hall–Kier alpha value is -1.89. The number of esters is 1. The highest BCUT2D eigenvalue weighted by Gasteiger charge is 2.00. The predicted molar refractivity (Wildman–Crippen MR) is 49.9 cm³/mol. The molecule has 0 unspecified atom stereocenters. The Bertz CT molecular complexity index is 430. The number of hydrogen-bond acceptors (Lipinski definition) is 2. The van der Waals surface area contributed by atoms with Crippen molar-refractivity contribution in [2.75, 3.05) is 7.11 Å². The molecule has 2 nitrogen and oxygen atoms in total. The molecule has 15 heavy (non-hydrogen) atoms. The normalized spacial score (nSPS) is 9.00. The number of halogens is 2. The quantitative estimate of drug-likeness (QED) is 0.522. The van der Waals surface area contributed by atoms with Crippen molar-refractivity contribution >= 4 is 5.97 Å². The van der Waals surface area contributed by atoms with Crippen molar-refractivity contribution in [2.45, 2.75) is 6.42 Å². The minimum absolute atomic E-state index is 0.0558. The van der Waals surface area contributed by atoms with Gasteiger partial charge in [0, 0.05) is 6.07 Å². The minimum Gasteiger partial charge on any atom is -0.468 e. The number of carbonyl (C=O) groups excluding carboxylic acids is 1. The lowest BCUT2D eigenvalue weighted by Crippen LogP contribution is -1.97. The highest BCUT2D eigenvalue weighted by atomic mass is 19.1. The summed E-state index contributed by atoms with van der Waals surface area (Å²) in [7, 11) is 1.24. The van der Waals surface area contributed by atoms with Crippen LogP contribution in [0.25, 0.3) is 0 Å². The van der Waals surface area contributed by atoms with Crippen molar-refractivity contribution in [3.63, 3.8) is 0 Å². The fourth-order valence-corrected chi connectivity index (χ4v) is 0.875. The van der Waals surface area contributed by atoms with Crippen LogP contribution in [-0.2, 0) is 9.53 Å². The summed E-state index contributed by atoms with van der Waals surface area (Å²) in [5.74, 6) is 2.94.